The summed E-state index contributed by atoms with van der Waals surface area (Å²) in [7, 11) is -3.91. The molecule has 0 aromatic heterocycles. The van der Waals surface area contributed by atoms with Crippen LogP contribution in [0, 0.1) is 6.92 Å². The van der Waals surface area contributed by atoms with Gasteiger partial charge in [0.25, 0.3) is 10.0 Å². The molecule has 182 valence electrons. The van der Waals surface area contributed by atoms with Crippen molar-refractivity contribution in [3.8, 4) is 0 Å². The van der Waals surface area contributed by atoms with Crippen molar-refractivity contribution in [1.29, 1.82) is 0 Å². The highest BCUT2D eigenvalue weighted by molar-refractivity contribution is 7.92. The van der Waals surface area contributed by atoms with Crippen LogP contribution in [0.25, 0.3) is 0 Å². The van der Waals surface area contributed by atoms with E-state index in [9.17, 15) is 23.1 Å². The molecule has 0 unspecified atom stereocenters. The van der Waals surface area contributed by atoms with E-state index in [1.807, 2.05) is 36.1 Å². The van der Waals surface area contributed by atoms with Gasteiger partial charge in [-0.2, -0.15) is 0 Å². The van der Waals surface area contributed by atoms with Gasteiger partial charge in [-0.05, 0) is 68.4 Å². The molecule has 4 rings (SSSR count). The Bertz CT molecular complexity index is 1340. The molecule has 9 heteroatoms. The normalized spacial score (nSPS) is 14.0. The molecule has 0 radical (unpaired) electrons. The number of carbonyl (C=O) groups is 2. The second-order valence-corrected chi connectivity index (χ2v) is 10.2. The van der Waals surface area contributed by atoms with Crippen LogP contribution in [-0.2, 0) is 10.0 Å². The maximum atomic E-state index is 13.0. The van der Waals surface area contributed by atoms with Crippen molar-refractivity contribution in [2.24, 2.45) is 0 Å². The molecule has 2 N–H and O–H groups in total. The number of carboxylic acid groups (broad SMARTS) is 1. The molecular weight excluding hydrogens is 466 g/mol. The Labute approximate surface area is 204 Å². The second kappa shape index (κ2) is 9.79. The van der Waals surface area contributed by atoms with Crippen LogP contribution in [0.15, 0.2) is 71.6 Å². The van der Waals surface area contributed by atoms with Crippen LogP contribution in [0.2, 0.25) is 0 Å². The first-order valence-electron chi connectivity index (χ1n) is 11.2. The van der Waals surface area contributed by atoms with Crippen molar-refractivity contribution in [2.75, 3.05) is 40.7 Å². The minimum atomic E-state index is -3.91. The van der Waals surface area contributed by atoms with Gasteiger partial charge in [-0.15, -0.1) is 0 Å². The van der Waals surface area contributed by atoms with Crippen molar-refractivity contribution < 1.29 is 23.1 Å². The number of hydrogen-bond acceptors (Lipinski definition) is 6. The molecule has 1 aliphatic heterocycles. The number of sulfonamides is 1. The van der Waals surface area contributed by atoms with Crippen LogP contribution in [0.5, 0.6) is 0 Å². The molecule has 35 heavy (non-hydrogen) atoms. The van der Waals surface area contributed by atoms with Gasteiger partial charge in [0, 0.05) is 37.4 Å². The van der Waals surface area contributed by atoms with Gasteiger partial charge in [0.2, 0.25) is 0 Å². The predicted octanol–water partition coefficient (Wildman–Crippen LogP) is 4.02. The zero-order chi connectivity index (χ0) is 25.2. The molecule has 1 fully saturated rings. The van der Waals surface area contributed by atoms with Crippen LogP contribution in [0.1, 0.15) is 33.2 Å². The van der Waals surface area contributed by atoms with Crippen molar-refractivity contribution in [1.82, 2.24) is 0 Å². The number of ketones is 1. The van der Waals surface area contributed by atoms with Crippen LogP contribution in [-0.4, -0.2) is 51.5 Å². The van der Waals surface area contributed by atoms with E-state index in [4.69, 9.17) is 0 Å². The van der Waals surface area contributed by atoms with Gasteiger partial charge in [0.05, 0.1) is 21.8 Å². The van der Waals surface area contributed by atoms with Gasteiger partial charge < -0.3 is 14.9 Å². The Morgan fingerprint density at radius 2 is 1.40 bits per heavy atom. The summed E-state index contributed by atoms with van der Waals surface area (Å²) in [6, 6.07) is 18.4. The van der Waals surface area contributed by atoms with E-state index in [-0.39, 0.29) is 21.9 Å². The fourth-order valence-corrected chi connectivity index (χ4v) is 5.13. The van der Waals surface area contributed by atoms with Crippen LogP contribution < -0.4 is 14.5 Å². The number of benzene rings is 3. The molecule has 0 amide bonds. The monoisotopic (exact) mass is 493 g/mol. The lowest BCUT2D eigenvalue weighted by molar-refractivity contribution is 0.0696. The number of rotatable bonds is 7. The number of carbonyl (C=O) groups excluding carboxylic acids is 1. The highest BCUT2D eigenvalue weighted by Crippen LogP contribution is 2.31. The molecule has 0 saturated carbocycles. The second-order valence-electron chi connectivity index (χ2n) is 8.53. The Morgan fingerprint density at radius 3 is 1.97 bits per heavy atom. The van der Waals surface area contributed by atoms with Crippen LogP contribution >= 0.6 is 0 Å². The first kappa shape index (κ1) is 24.3. The van der Waals surface area contributed by atoms with Crippen LogP contribution in [0.3, 0.4) is 0 Å². The topological polar surface area (TPSA) is 107 Å². The molecule has 0 atom stereocenters. The summed E-state index contributed by atoms with van der Waals surface area (Å²) in [4.78, 5) is 27.4. The van der Waals surface area contributed by atoms with E-state index in [0.29, 0.717) is 37.4 Å². The first-order valence-corrected chi connectivity index (χ1v) is 12.7. The zero-order valence-electron chi connectivity index (χ0n) is 19.6. The van der Waals surface area contributed by atoms with Crippen molar-refractivity contribution in [3.05, 3.63) is 83.4 Å². The molecule has 0 aliphatic carbocycles. The van der Waals surface area contributed by atoms with E-state index in [1.54, 1.807) is 18.2 Å². The highest BCUT2D eigenvalue weighted by Gasteiger charge is 2.23. The van der Waals surface area contributed by atoms with Gasteiger partial charge in [-0.3, -0.25) is 9.52 Å². The quantitative estimate of drug-likeness (QED) is 0.479. The van der Waals surface area contributed by atoms with Crippen LogP contribution in [0.4, 0.5) is 17.1 Å². The zero-order valence-corrected chi connectivity index (χ0v) is 20.4. The number of aryl methyl sites for hydroxylation is 1. The summed E-state index contributed by atoms with van der Waals surface area (Å²) in [6.45, 7) is 6.00. The third-order valence-electron chi connectivity index (χ3n) is 6.08. The summed E-state index contributed by atoms with van der Waals surface area (Å²) in [5, 5.41) is 9.45. The summed E-state index contributed by atoms with van der Waals surface area (Å²) in [5.74, 6) is -1.11. The molecule has 1 heterocycles. The van der Waals surface area contributed by atoms with Crippen molar-refractivity contribution in [2.45, 2.75) is 18.7 Å². The predicted molar refractivity (Wildman–Crippen MR) is 136 cm³/mol. The number of anilines is 3. The third kappa shape index (κ3) is 5.46. The molecular formula is C26H27N3O5S. The largest absolute Gasteiger partial charge is 0.478 e. The molecule has 1 saturated heterocycles. The summed E-state index contributed by atoms with van der Waals surface area (Å²) in [6.07, 6.45) is 0. The van der Waals surface area contributed by atoms with E-state index >= 15 is 0 Å². The van der Waals surface area contributed by atoms with Gasteiger partial charge in [-0.1, -0.05) is 17.7 Å². The van der Waals surface area contributed by atoms with Gasteiger partial charge >= 0.3 is 5.97 Å². The number of nitrogens with zero attached hydrogens (tertiary/aromatic N) is 2. The Kier molecular flexibility index (Phi) is 6.79. The van der Waals surface area contributed by atoms with E-state index in [0.717, 1.165) is 11.3 Å². The minimum Gasteiger partial charge on any atom is -0.478 e. The molecule has 0 spiro atoms. The van der Waals surface area contributed by atoms with E-state index < -0.39 is 16.0 Å². The lowest BCUT2D eigenvalue weighted by atomic mass is 10.1. The lowest BCUT2D eigenvalue weighted by Gasteiger charge is -2.38. The molecule has 8 nitrogen and oxygen atoms in total. The molecule has 3 aromatic rings. The maximum Gasteiger partial charge on any atom is 0.335 e. The van der Waals surface area contributed by atoms with Gasteiger partial charge in [0.1, 0.15) is 0 Å². The fourth-order valence-electron chi connectivity index (χ4n) is 4.06. The maximum absolute atomic E-state index is 13.0. The number of carboxylic acids is 1. The van der Waals surface area contributed by atoms with Crippen molar-refractivity contribution >= 4 is 38.8 Å². The fraction of sp³-hybridized carbons (Fsp3) is 0.231. The smallest absolute Gasteiger partial charge is 0.335 e. The lowest BCUT2D eigenvalue weighted by Crippen LogP contribution is -2.46. The molecule has 0 bridgehead atoms. The SMILES string of the molecule is CC(=O)c1ccc(N2CCN(c3ccc(C(=O)O)cc3NS(=O)(=O)c3ccc(C)cc3)CC2)cc1. The number of Topliss-reactive ketones (excluding diaryl/α,β-unsaturated/α-hetero) is 1. The third-order valence-corrected chi connectivity index (χ3v) is 7.46. The Morgan fingerprint density at radius 1 is 0.829 bits per heavy atom. The summed E-state index contributed by atoms with van der Waals surface area (Å²) >= 11 is 0. The Hall–Kier alpha value is -3.85. The minimum absolute atomic E-state index is 0.000414. The number of aromatic carboxylic acids is 1. The summed E-state index contributed by atoms with van der Waals surface area (Å²) < 4.78 is 28.7. The molecule has 3 aromatic carbocycles. The van der Waals surface area contributed by atoms with E-state index in [1.165, 1.54) is 31.2 Å². The number of piperazine rings is 1. The summed E-state index contributed by atoms with van der Waals surface area (Å²) in [5.41, 5.74) is 3.46. The highest BCUT2D eigenvalue weighted by atomic mass is 32.2. The Balaban J connectivity index is 1.56. The number of nitrogens with one attached hydrogen (secondary N) is 1. The van der Waals surface area contributed by atoms with Crippen molar-refractivity contribution in [3.63, 3.8) is 0 Å². The molecule has 1 aliphatic rings. The average molecular weight is 494 g/mol. The van der Waals surface area contributed by atoms with Gasteiger partial charge in [-0.25, -0.2) is 13.2 Å². The average Bonchev–Trinajstić information content (AvgIpc) is 2.84. The standard InChI is InChI=1S/C26H27N3O5S/c1-18-3-10-23(11-4-18)35(33,34)27-24-17-21(26(31)32)7-12-25(24)29-15-13-28(14-16-29)22-8-5-20(6-9-22)19(2)30/h3-12,17,27H,13-16H2,1-2H3,(H,31,32). The first-order chi connectivity index (χ1) is 16.6. The van der Waals surface area contributed by atoms with Gasteiger partial charge in [0.15, 0.2) is 5.78 Å². The number of hydrogen-bond donors (Lipinski definition) is 2. The van der Waals surface area contributed by atoms with E-state index in [2.05, 4.69) is 9.62 Å².